The summed E-state index contributed by atoms with van der Waals surface area (Å²) in [6.07, 6.45) is 5.33. The van der Waals surface area contributed by atoms with E-state index in [1.54, 1.807) is 23.7 Å². The first-order valence-corrected chi connectivity index (χ1v) is 8.21. The minimum absolute atomic E-state index is 0.454. The predicted molar refractivity (Wildman–Crippen MR) is 85.9 cm³/mol. The predicted octanol–water partition coefficient (Wildman–Crippen LogP) is 3.37. The van der Waals surface area contributed by atoms with Gasteiger partial charge in [0.05, 0.1) is 16.6 Å². The van der Waals surface area contributed by atoms with Gasteiger partial charge in [-0.25, -0.2) is 0 Å². The Hall–Kier alpha value is -1.95. The molecule has 0 radical (unpaired) electrons. The highest BCUT2D eigenvalue weighted by atomic mass is 35.5. The van der Waals surface area contributed by atoms with Gasteiger partial charge in [-0.1, -0.05) is 43.4 Å². The number of halogens is 1. The van der Waals surface area contributed by atoms with Gasteiger partial charge in [-0.15, -0.1) is 5.10 Å². The van der Waals surface area contributed by atoms with Gasteiger partial charge < -0.3 is 5.11 Å². The molecule has 1 saturated carbocycles. The Morgan fingerprint density at radius 1 is 1.43 bits per heavy atom. The molecule has 1 aromatic carbocycles. The van der Waals surface area contributed by atoms with Crippen LogP contribution in [-0.2, 0) is 4.79 Å². The SMILES string of the molecule is Cc1nnnn1-c1ccc(C(CC2CCCC2)C(=O)O)cc1Cl. The summed E-state index contributed by atoms with van der Waals surface area (Å²) in [5.41, 5.74) is 1.40. The number of benzene rings is 1. The first-order chi connectivity index (χ1) is 11.1. The van der Waals surface area contributed by atoms with E-state index in [1.165, 1.54) is 12.8 Å². The van der Waals surface area contributed by atoms with E-state index in [9.17, 15) is 9.90 Å². The molecule has 3 rings (SSSR count). The highest BCUT2D eigenvalue weighted by Gasteiger charge is 2.27. The maximum atomic E-state index is 11.7. The number of hydrogen-bond donors (Lipinski definition) is 1. The fourth-order valence-corrected chi connectivity index (χ4v) is 3.59. The number of carboxylic acids is 1. The van der Waals surface area contributed by atoms with Crippen molar-refractivity contribution in [2.75, 3.05) is 0 Å². The fraction of sp³-hybridized carbons (Fsp3) is 0.500. The van der Waals surface area contributed by atoms with E-state index in [0.29, 0.717) is 28.9 Å². The zero-order valence-corrected chi connectivity index (χ0v) is 13.7. The first kappa shape index (κ1) is 15.9. The molecule has 1 heterocycles. The third kappa shape index (κ3) is 3.37. The van der Waals surface area contributed by atoms with E-state index in [1.807, 2.05) is 6.07 Å². The molecule has 1 aromatic heterocycles. The van der Waals surface area contributed by atoms with Crippen LogP contribution in [0.1, 0.15) is 49.4 Å². The van der Waals surface area contributed by atoms with Gasteiger partial charge >= 0.3 is 5.97 Å². The van der Waals surface area contributed by atoms with Gasteiger partial charge in [0.1, 0.15) is 0 Å². The number of tetrazole rings is 1. The third-order valence-electron chi connectivity index (χ3n) is 4.57. The van der Waals surface area contributed by atoms with Gasteiger partial charge in [-0.2, -0.15) is 4.68 Å². The summed E-state index contributed by atoms with van der Waals surface area (Å²) in [4.78, 5) is 11.7. The second-order valence-corrected chi connectivity index (χ2v) is 6.53. The van der Waals surface area contributed by atoms with Crippen LogP contribution in [0.3, 0.4) is 0 Å². The second-order valence-electron chi connectivity index (χ2n) is 6.13. The summed E-state index contributed by atoms with van der Waals surface area (Å²) in [5.74, 6) is -0.185. The molecular formula is C16H19ClN4O2. The largest absolute Gasteiger partial charge is 0.481 e. The molecule has 7 heteroatoms. The fourth-order valence-electron chi connectivity index (χ4n) is 3.32. The summed E-state index contributed by atoms with van der Waals surface area (Å²) in [7, 11) is 0. The highest BCUT2D eigenvalue weighted by molar-refractivity contribution is 6.32. The molecule has 122 valence electrons. The molecule has 0 saturated heterocycles. The number of carbonyl (C=O) groups is 1. The Kier molecular flexibility index (Phi) is 4.61. The summed E-state index contributed by atoms with van der Waals surface area (Å²) >= 11 is 6.35. The number of aryl methyl sites for hydroxylation is 1. The molecule has 1 unspecified atom stereocenters. The number of rotatable bonds is 5. The number of aliphatic carboxylic acids is 1. The molecule has 6 nitrogen and oxygen atoms in total. The van der Waals surface area contributed by atoms with Crippen molar-refractivity contribution in [2.45, 2.75) is 44.9 Å². The zero-order chi connectivity index (χ0) is 16.4. The summed E-state index contributed by atoms with van der Waals surface area (Å²) < 4.78 is 1.54. The van der Waals surface area contributed by atoms with Crippen molar-refractivity contribution in [3.8, 4) is 5.69 Å². The highest BCUT2D eigenvalue weighted by Crippen LogP contribution is 2.35. The van der Waals surface area contributed by atoms with E-state index >= 15 is 0 Å². The van der Waals surface area contributed by atoms with Crippen molar-refractivity contribution in [3.05, 3.63) is 34.6 Å². The van der Waals surface area contributed by atoms with E-state index in [0.717, 1.165) is 18.4 Å². The van der Waals surface area contributed by atoms with E-state index in [2.05, 4.69) is 15.5 Å². The number of hydrogen-bond acceptors (Lipinski definition) is 4. The third-order valence-corrected chi connectivity index (χ3v) is 4.87. The summed E-state index contributed by atoms with van der Waals surface area (Å²) in [6.45, 7) is 1.78. The second kappa shape index (κ2) is 6.66. The smallest absolute Gasteiger partial charge is 0.310 e. The van der Waals surface area contributed by atoms with E-state index < -0.39 is 11.9 Å². The molecule has 0 amide bonds. The normalized spacial score (nSPS) is 16.6. The molecule has 0 aliphatic heterocycles. The van der Waals surface area contributed by atoms with Gasteiger partial charge in [0.15, 0.2) is 5.82 Å². The molecule has 1 aliphatic rings. The number of aromatic nitrogens is 4. The van der Waals surface area contributed by atoms with Crippen LogP contribution in [0.5, 0.6) is 0 Å². The van der Waals surface area contributed by atoms with Crippen molar-refractivity contribution in [1.29, 1.82) is 0 Å². The van der Waals surface area contributed by atoms with Gasteiger partial charge in [0.2, 0.25) is 0 Å². The van der Waals surface area contributed by atoms with Crippen molar-refractivity contribution in [3.63, 3.8) is 0 Å². The molecule has 1 atom stereocenters. The van der Waals surface area contributed by atoms with E-state index in [-0.39, 0.29) is 0 Å². The van der Waals surface area contributed by atoms with Crippen LogP contribution in [0, 0.1) is 12.8 Å². The van der Waals surface area contributed by atoms with Crippen LogP contribution >= 0.6 is 11.6 Å². The quantitative estimate of drug-likeness (QED) is 0.906. The lowest BCUT2D eigenvalue weighted by molar-refractivity contribution is -0.139. The Balaban J connectivity index is 1.87. The van der Waals surface area contributed by atoms with Gasteiger partial charge in [0.25, 0.3) is 0 Å². The number of nitrogens with zero attached hydrogens (tertiary/aromatic N) is 4. The van der Waals surface area contributed by atoms with Crippen LogP contribution in [0.25, 0.3) is 5.69 Å². The number of carboxylic acid groups (broad SMARTS) is 1. The molecule has 0 spiro atoms. The Morgan fingerprint density at radius 3 is 2.74 bits per heavy atom. The van der Waals surface area contributed by atoms with E-state index in [4.69, 9.17) is 11.6 Å². The van der Waals surface area contributed by atoms with Crippen molar-refractivity contribution in [2.24, 2.45) is 5.92 Å². The van der Waals surface area contributed by atoms with Gasteiger partial charge in [0, 0.05) is 0 Å². The van der Waals surface area contributed by atoms with Gasteiger partial charge in [-0.05, 0) is 47.4 Å². The average Bonchev–Trinajstić information content (AvgIpc) is 3.16. The van der Waals surface area contributed by atoms with Crippen LogP contribution in [0.15, 0.2) is 18.2 Å². The van der Waals surface area contributed by atoms with Crippen LogP contribution < -0.4 is 0 Å². The van der Waals surface area contributed by atoms with Crippen molar-refractivity contribution >= 4 is 17.6 Å². The lowest BCUT2D eigenvalue weighted by atomic mass is 9.88. The lowest BCUT2D eigenvalue weighted by Gasteiger charge is -2.18. The lowest BCUT2D eigenvalue weighted by Crippen LogP contribution is -2.15. The molecule has 1 aliphatic carbocycles. The van der Waals surface area contributed by atoms with Crippen LogP contribution in [0.2, 0.25) is 5.02 Å². The zero-order valence-electron chi connectivity index (χ0n) is 12.9. The monoisotopic (exact) mass is 334 g/mol. The average molecular weight is 335 g/mol. The maximum absolute atomic E-state index is 11.7. The maximum Gasteiger partial charge on any atom is 0.310 e. The van der Waals surface area contributed by atoms with Crippen molar-refractivity contribution in [1.82, 2.24) is 20.2 Å². The first-order valence-electron chi connectivity index (χ1n) is 7.84. The molecule has 1 fully saturated rings. The Labute approximate surface area is 139 Å². The molecule has 0 bridgehead atoms. The minimum atomic E-state index is -0.792. The topological polar surface area (TPSA) is 80.9 Å². The Bertz CT molecular complexity index is 710. The van der Waals surface area contributed by atoms with Crippen LogP contribution in [0.4, 0.5) is 0 Å². The molecule has 23 heavy (non-hydrogen) atoms. The summed E-state index contributed by atoms with van der Waals surface area (Å²) in [5, 5.41) is 21.4. The van der Waals surface area contributed by atoms with Crippen molar-refractivity contribution < 1.29 is 9.90 Å². The van der Waals surface area contributed by atoms with Crippen LogP contribution in [-0.4, -0.2) is 31.3 Å². The minimum Gasteiger partial charge on any atom is -0.481 e. The van der Waals surface area contributed by atoms with Gasteiger partial charge in [-0.3, -0.25) is 4.79 Å². The Morgan fingerprint density at radius 2 is 2.17 bits per heavy atom. The molecule has 1 N–H and O–H groups in total. The molecular weight excluding hydrogens is 316 g/mol. The molecule has 2 aromatic rings. The standard InChI is InChI=1S/C16H19ClN4O2/c1-10-18-19-20-21(10)15-7-6-12(9-14(15)17)13(16(22)23)8-11-4-2-3-5-11/h6-7,9,11,13H,2-5,8H2,1H3,(H,22,23). The summed E-state index contributed by atoms with van der Waals surface area (Å²) in [6, 6.07) is 5.33.